The molecule has 1 saturated heterocycles. The van der Waals surface area contributed by atoms with Gasteiger partial charge in [0.05, 0.1) is 18.4 Å². The van der Waals surface area contributed by atoms with E-state index in [1.54, 1.807) is 0 Å². The van der Waals surface area contributed by atoms with Gasteiger partial charge in [-0.05, 0) is 25.0 Å². The molecule has 4 nitrogen and oxygen atoms in total. The minimum absolute atomic E-state index is 0.316. The Balaban J connectivity index is 2.01. The van der Waals surface area contributed by atoms with Crippen molar-refractivity contribution >= 4 is 0 Å². The summed E-state index contributed by atoms with van der Waals surface area (Å²) < 4.78 is 5.71. The van der Waals surface area contributed by atoms with E-state index in [0.717, 1.165) is 37.4 Å². The molecule has 2 heterocycles. The van der Waals surface area contributed by atoms with E-state index in [2.05, 4.69) is 35.9 Å². The average molecular weight is 249 g/mol. The van der Waals surface area contributed by atoms with Gasteiger partial charge in [-0.3, -0.25) is 9.88 Å². The summed E-state index contributed by atoms with van der Waals surface area (Å²) in [6.45, 7) is 7.61. The summed E-state index contributed by atoms with van der Waals surface area (Å²) in [7, 11) is 0. The van der Waals surface area contributed by atoms with Gasteiger partial charge in [0.2, 0.25) is 0 Å². The van der Waals surface area contributed by atoms with E-state index in [-0.39, 0.29) is 0 Å². The van der Waals surface area contributed by atoms with E-state index < -0.39 is 0 Å². The highest BCUT2D eigenvalue weighted by atomic mass is 16.5. The molecule has 100 valence electrons. The molecule has 2 unspecified atom stereocenters. The molecule has 2 rings (SSSR count). The maximum absolute atomic E-state index is 5.71. The molecule has 1 aromatic rings. The summed E-state index contributed by atoms with van der Waals surface area (Å²) in [5.74, 6) is 0. The first-order chi connectivity index (χ1) is 8.72. The second kappa shape index (κ2) is 6.27. The highest BCUT2D eigenvalue weighted by molar-refractivity contribution is 5.13. The minimum Gasteiger partial charge on any atom is -0.376 e. The lowest BCUT2D eigenvalue weighted by Gasteiger charge is -2.38. The van der Waals surface area contributed by atoms with Crippen molar-refractivity contribution in [2.45, 2.75) is 45.5 Å². The molecular weight excluding hydrogens is 226 g/mol. The fourth-order valence-electron chi connectivity index (χ4n) is 2.36. The first-order valence-corrected chi connectivity index (χ1v) is 6.72. The molecule has 0 bridgehead atoms. The Kier molecular flexibility index (Phi) is 4.69. The highest BCUT2D eigenvalue weighted by Gasteiger charge is 2.25. The molecule has 0 amide bonds. The van der Waals surface area contributed by atoms with E-state index in [9.17, 15) is 0 Å². The number of hydrogen-bond donors (Lipinski definition) is 1. The fraction of sp³-hybridized carbons (Fsp3) is 0.643. The van der Waals surface area contributed by atoms with Crippen LogP contribution in [0.5, 0.6) is 0 Å². The van der Waals surface area contributed by atoms with E-state index in [4.69, 9.17) is 10.5 Å². The Morgan fingerprint density at radius 1 is 1.50 bits per heavy atom. The standard InChI is InChI=1S/C14H23N3O/c1-3-14-10-18-11(2)8-17(14)9-13-5-4-12(6-15)7-16-13/h4-5,7,11,14H,3,6,8-10,15H2,1-2H3. The van der Waals surface area contributed by atoms with Crippen LogP contribution in [0, 0.1) is 0 Å². The van der Waals surface area contributed by atoms with Crippen LogP contribution in [0.1, 0.15) is 31.5 Å². The maximum Gasteiger partial charge on any atom is 0.0674 e. The van der Waals surface area contributed by atoms with Crippen LogP contribution in [0.25, 0.3) is 0 Å². The van der Waals surface area contributed by atoms with Gasteiger partial charge < -0.3 is 10.5 Å². The summed E-state index contributed by atoms with van der Waals surface area (Å²) in [5, 5.41) is 0. The van der Waals surface area contributed by atoms with E-state index >= 15 is 0 Å². The highest BCUT2D eigenvalue weighted by Crippen LogP contribution is 2.17. The van der Waals surface area contributed by atoms with Gasteiger partial charge in [-0.15, -0.1) is 0 Å². The minimum atomic E-state index is 0.316. The number of nitrogens with zero attached hydrogens (tertiary/aromatic N) is 2. The Hall–Kier alpha value is -0.970. The molecule has 1 fully saturated rings. The summed E-state index contributed by atoms with van der Waals surface area (Å²) >= 11 is 0. The lowest BCUT2D eigenvalue weighted by molar-refractivity contribution is -0.0595. The molecule has 1 aliphatic rings. The monoisotopic (exact) mass is 249 g/mol. The number of rotatable bonds is 4. The molecule has 1 aliphatic heterocycles. The predicted octanol–water partition coefficient (Wildman–Crippen LogP) is 1.54. The van der Waals surface area contributed by atoms with Gasteiger partial charge >= 0.3 is 0 Å². The van der Waals surface area contributed by atoms with Gasteiger partial charge in [-0.1, -0.05) is 13.0 Å². The fourth-order valence-corrected chi connectivity index (χ4v) is 2.36. The third kappa shape index (κ3) is 3.28. The van der Waals surface area contributed by atoms with Crippen LogP contribution in [-0.4, -0.2) is 35.2 Å². The number of ether oxygens (including phenoxy) is 1. The van der Waals surface area contributed by atoms with Crippen molar-refractivity contribution in [2.75, 3.05) is 13.2 Å². The zero-order chi connectivity index (χ0) is 13.0. The van der Waals surface area contributed by atoms with Crippen molar-refractivity contribution in [1.82, 2.24) is 9.88 Å². The Morgan fingerprint density at radius 2 is 2.33 bits per heavy atom. The van der Waals surface area contributed by atoms with E-state index in [0.29, 0.717) is 18.7 Å². The molecule has 0 radical (unpaired) electrons. The van der Waals surface area contributed by atoms with Gasteiger partial charge in [0, 0.05) is 31.9 Å². The van der Waals surface area contributed by atoms with E-state index in [1.165, 1.54) is 0 Å². The number of morpholine rings is 1. The largest absolute Gasteiger partial charge is 0.376 e. The van der Waals surface area contributed by atoms with E-state index in [1.807, 2.05) is 6.20 Å². The van der Waals surface area contributed by atoms with Crippen LogP contribution in [0.2, 0.25) is 0 Å². The van der Waals surface area contributed by atoms with Gasteiger partial charge in [0.25, 0.3) is 0 Å². The molecule has 0 saturated carbocycles. The Bertz CT molecular complexity index is 366. The predicted molar refractivity (Wildman–Crippen MR) is 72.0 cm³/mol. The molecule has 2 N–H and O–H groups in total. The second-order valence-corrected chi connectivity index (χ2v) is 5.00. The maximum atomic E-state index is 5.71. The van der Waals surface area contributed by atoms with Crippen molar-refractivity contribution in [1.29, 1.82) is 0 Å². The van der Waals surface area contributed by atoms with Crippen LogP contribution < -0.4 is 5.73 Å². The topological polar surface area (TPSA) is 51.4 Å². The first kappa shape index (κ1) is 13.5. The van der Waals surface area contributed by atoms with Crippen molar-refractivity contribution in [3.8, 4) is 0 Å². The van der Waals surface area contributed by atoms with Gasteiger partial charge in [-0.25, -0.2) is 0 Å². The molecule has 1 aromatic heterocycles. The van der Waals surface area contributed by atoms with Crippen LogP contribution in [0.15, 0.2) is 18.3 Å². The molecule has 2 atom stereocenters. The number of nitrogens with two attached hydrogens (primary N) is 1. The van der Waals surface area contributed by atoms with Crippen LogP contribution in [0.4, 0.5) is 0 Å². The normalized spacial score (nSPS) is 25.3. The Morgan fingerprint density at radius 3 is 2.94 bits per heavy atom. The molecule has 0 aromatic carbocycles. The Labute approximate surface area is 109 Å². The SMILES string of the molecule is CCC1COC(C)CN1Cc1ccc(CN)cn1. The second-order valence-electron chi connectivity index (χ2n) is 5.00. The van der Waals surface area contributed by atoms with Gasteiger partial charge in [-0.2, -0.15) is 0 Å². The quantitative estimate of drug-likeness (QED) is 0.879. The molecule has 0 spiro atoms. The van der Waals surface area contributed by atoms with Gasteiger partial charge in [0.1, 0.15) is 0 Å². The van der Waals surface area contributed by atoms with Crippen molar-refractivity contribution in [2.24, 2.45) is 5.73 Å². The summed E-state index contributed by atoms with van der Waals surface area (Å²) in [4.78, 5) is 6.95. The molecule has 4 heteroatoms. The average Bonchev–Trinajstić information content (AvgIpc) is 2.40. The third-order valence-electron chi connectivity index (χ3n) is 3.54. The van der Waals surface area contributed by atoms with Crippen LogP contribution in [0.3, 0.4) is 0 Å². The summed E-state index contributed by atoms with van der Waals surface area (Å²) in [5.41, 5.74) is 7.77. The van der Waals surface area contributed by atoms with Crippen LogP contribution in [-0.2, 0) is 17.8 Å². The van der Waals surface area contributed by atoms with Crippen molar-refractivity contribution in [3.05, 3.63) is 29.6 Å². The number of hydrogen-bond acceptors (Lipinski definition) is 4. The molecular formula is C14H23N3O. The first-order valence-electron chi connectivity index (χ1n) is 6.72. The van der Waals surface area contributed by atoms with Crippen molar-refractivity contribution < 1.29 is 4.74 Å². The zero-order valence-corrected chi connectivity index (χ0v) is 11.3. The molecule has 18 heavy (non-hydrogen) atoms. The number of pyridine rings is 1. The number of aromatic nitrogens is 1. The van der Waals surface area contributed by atoms with Crippen LogP contribution >= 0.6 is 0 Å². The van der Waals surface area contributed by atoms with Gasteiger partial charge in [0.15, 0.2) is 0 Å². The summed E-state index contributed by atoms with van der Waals surface area (Å²) in [6, 6.07) is 4.65. The lowest BCUT2D eigenvalue weighted by Crippen LogP contribution is -2.47. The summed E-state index contributed by atoms with van der Waals surface area (Å²) in [6.07, 6.45) is 3.31. The zero-order valence-electron chi connectivity index (χ0n) is 11.3. The lowest BCUT2D eigenvalue weighted by atomic mass is 10.1. The molecule has 0 aliphatic carbocycles. The third-order valence-corrected chi connectivity index (χ3v) is 3.54. The smallest absolute Gasteiger partial charge is 0.0674 e. The van der Waals surface area contributed by atoms with Crippen molar-refractivity contribution in [3.63, 3.8) is 0 Å².